The van der Waals surface area contributed by atoms with Gasteiger partial charge in [-0.3, -0.25) is 4.21 Å². The Labute approximate surface area is 107 Å². The van der Waals surface area contributed by atoms with Crippen LogP contribution in [-0.2, 0) is 20.8 Å². The van der Waals surface area contributed by atoms with Crippen LogP contribution in [0.1, 0.15) is 17.4 Å². The first-order chi connectivity index (χ1) is 8.36. The number of nitrogens with one attached hydrogen (secondary N) is 2. The second-order valence-electron chi connectivity index (χ2n) is 3.38. The number of aromatic carboxylic acids is 1. The second kappa shape index (κ2) is 6.12. The Morgan fingerprint density at radius 2 is 2.22 bits per heavy atom. The third-order valence-electron chi connectivity index (χ3n) is 2.14. The van der Waals surface area contributed by atoms with Crippen LogP contribution in [0.15, 0.2) is 17.2 Å². The molecule has 18 heavy (non-hydrogen) atoms. The van der Waals surface area contributed by atoms with Crippen LogP contribution in [0.4, 0.5) is 0 Å². The van der Waals surface area contributed by atoms with Crippen molar-refractivity contribution in [2.24, 2.45) is 0 Å². The van der Waals surface area contributed by atoms with E-state index in [1.807, 2.05) is 0 Å². The first-order valence-electron chi connectivity index (χ1n) is 5.13. The summed E-state index contributed by atoms with van der Waals surface area (Å²) in [5, 5.41) is 8.66. The van der Waals surface area contributed by atoms with E-state index < -0.39 is 26.8 Å². The molecule has 0 bridgehead atoms. The van der Waals surface area contributed by atoms with Crippen LogP contribution in [0.25, 0.3) is 0 Å². The highest BCUT2D eigenvalue weighted by Crippen LogP contribution is 2.10. The molecule has 0 aliphatic rings. The fourth-order valence-electron chi connectivity index (χ4n) is 1.17. The molecule has 9 heteroatoms. The van der Waals surface area contributed by atoms with E-state index in [1.54, 1.807) is 6.92 Å². The Kier molecular flexibility index (Phi) is 5.05. The molecule has 1 unspecified atom stereocenters. The smallest absolute Gasteiger partial charge is 0.352 e. The first kappa shape index (κ1) is 14.9. The van der Waals surface area contributed by atoms with Gasteiger partial charge in [0.25, 0.3) is 0 Å². The number of carboxylic acids is 1. The van der Waals surface area contributed by atoms with Crippen molar-refractivity contribution in [1.82, 2.24) is 9.71 Å². The lowest BCUT2D eigenvalue weighted by atomic mass is 10.4. The van der Waals surface area contributed by atoms with Crippen molar-refractivity contribution in [3.63, 3.8) is 0 Å². The van der Waals surface area contributed by atoms with Gasteiger partial charge in [0.15, 0.2) is 0 Å². The predicted molar refractivity (Wildman–Crippen MR) is 66.5 cm³/mol. The van der Waals surface area contributed by atoms with E-state index in [1.165, 1.54) is 0 Å². The monoisotopic (exact) mass is 294 g/mol. The lowest BCUT2D eigenvalue weighted by Gasteiger charge is -2.03. The molecule has 102 valence electrons. The number of hydrogen-bond donors (Lipinski definition) is 3. The van der Waals surface area contributed by atoms with E-state index in [0.29, 0.717) is 5.75 Å². The maximum absolute atomic E-state index is 11.7. The molecule has 1 aromatic heterocycles. The Morgan fingerprint density at radius 3 is 2.72 bits per heavy atom. The molecule has 0 radical (unpaired) electrons. The Bertz CT molecular complexity index is 549. The molecule has 3 N–H and O–H groups in total. The molecular formula is C9H14N2O5S2. The number of aromatic nitrogens is 1. The third-order valence-corrected chi connectivity index (χ3v) is 4.88. The summed E-state index contributed by atoms with van der Waals surface area (Å²) < 4.78 is 36.8. The van der Waals surface area contributed by atoms with Crippen LogP contribution in [0.5, 0.6) is 0 Å². The Balaban J connectivity index is 2.68. The van der Waals surface area contributed by atoms with Gasteiger partial charge in [-0.1, -0.05) is 6.92 Å². The number of sulfonamides is 1. The third kappa shape index (κ3) is 3.93. The lowest BCUT2D eigenvalue weighted by Crippen LogP contribution is -2.27. The molecule has 0 aromatic carbocycles. The van der Waals surface area contributed by atoms with Gasteiger partial charge in [0.2, 0.25) is 10.0 Å². The number of carbonyl (C=O) groups is 1. The molecule has 0 aliphatic carbocycles. The number of rotatable bonds is 7. The zero-order valence-corrected chi connectivity index (χ0v) is 11.3. The molecule has 1 rings (SSSR count). The molecule has 7 nitrogen and oxygen atoms in total. The average molecular weight is 294 g/mol. The van der Waals surface area contributed by atoms with Crippen molar-refractivity contribution in [3.05, 3.63) is 18.0 Å². The highest BCUT2D eigenvalue weighted by Gasteiger charge is 2.17. The minimum atomic E-state index is -3.76. The molecule has 0 fully saturated rings. The van der Waals surface area contributed by atoms with E-state index in [9.17, 15) is 17.4 Å². The maximum Gasteiger partial charge on any atom is 0.352 e. The zero-order valence-electron chi connectivity index (χ0n) is 9.67. The van der Waals surface area contributed by atoms with E-state index in [4.69, 9.17) is 5.11 Å². The van der Waals surface area contributed by atoms with Gasteiger partial charge >= 0.3 is 5.97 Å². The Morgan fingerprint density at radius 1 is 1.56 bits per heavy atom. The van der Waals surface area contributed by atoms with Crippen molar-refractivity contribution < 1.29 is 22.5 Å². The Hall–Kier alpha value is -1.19. The van der Waals surface area contributed by atoms with Gasteiger partial charge in [0, 0.05) is 35.0 Å². The predicted octanol–water partition coefficient (Wildman–Crippen LogP) is -0.240. The van der Waals surface area contributed by atoms with Gasteiger partial charge in [-0.15, -0.1) is 0 Å². The summed E-state index contributed by atoms with van der Waals surface area (Å²) in [4.78, 5) is 12.8. The number of carboxylic acid groups (broad SMARTS) is 1. The minimum Gasteiger partial charge on any atom is -0.477 e. The first-order valence-corrected chi connectivity index (χ1v) is 8.10. The van der Waals surface area contributed by atoms with Gasteiger partial charge in [-0.2, -0.15) is 0 Å². The van der Waals surface area contributed by atoms with Crippen molar-refractivity contribution in [2.75, 3.05) is 18.1 Å². The zero-order chi connectivity index (χ0) is 13.8. The summed E-state index contributed by atoms with van der Waals surface area (Å²) in [6.07, 6.45) is 1.10. The van der Waals surface area contributed by atoms with E-state index in [0.717, 1.165) is 12.3 Å². The summed E-state index contributed by atoms with van der Waals surface area (Å²) in [5.74, 6) is -0.537. The van der Waals surface area contributed by atoms with Gasteiger partial charge < -0.3 is 10.1 Å². The van der Waals surface area contributed by atoms with Crippen LogP contribution in [0.2, 0.25) is 0 Å². The fourth-order valence-corrected chi connectivity index (χ4v) is 2.94. The number of hydrogen-bond acceptors (Lipinski definition) is 4. The average Bonchev–Trinajstić information content (AvgIpc) is 2.78. The molecule has 1 aromatic rings. The van der Waals surface area contributed by atoms with Crippen LogP contribution in [0.3, 0.4) is 0 Å². The summed E-state index contributed by atoms with van der Waals surface area (Å²) in [5.41, 5.74) is -0.201. The fraction of sp³-hybridized carbons (Fsp3) is 0.444. The van der Waals surface area contributed by atoms with Gasteiger partial charge in [0.05, 0.1) is 0 Å². The normalized spacial score (nSPS) is 13.4. The van der Waals surface area contributed by atoms with E-state index in [-0.39, 0.29) is 22.9 Å². The molecule has 0 spiro atoms. The molecule has 0 aliphatic heterocycles. The van der Waals surface area contributed by atoms with Crippen LogP contribution >= 0.6 is 0 Å². The number of H-pyrrole nitrogens is 1. The molecule has 0 amide bonds. The molecular weight excluding hydrogens is 280 g/mol. The van der Waals surface area contributed by atoms with E-state index in [2.05, 4.69) is 9.71 Å². The van der Waals surface area contributed by atoms with Crippen LogP contribution < -0.4 is 4.72 Å². The van der Waals surface area contributed by atoms with Crippen molar-refractivity contribution >= 4 is 26.8 Å². The van der Waals surface area contributed by atoms with Crippen LogP contribution in [0, 0.1) is 0 Å². The number of aromatic amines is 1. The van der Waals surface area contributed by atoms with Gasteiger partial charge in [-0.05, 0) is 6.07 Å². The molecule has 0 saturated heterocycles. The maximum atomic E-state index is 11.7. The standard InChI is InChI=1S/C9H14N2O5S2/c1-2-17(14)4-3-11-18(15,16)7-5-8(9(12)13)10-6-7/h5-6,10-11H,2-4H2,1H3,(H,12,13). The highest BCUT2D eigenvalue weighted by atomic mass is 32.2. The SMILES string of the molecule is CCS(=O)CCNS(=O)(=O)c1c[nH]c(C(=O)O)c1. The molecule has 0 saturated carbocycles. The molecule has 1 heterocycles. The topological polar surface area (TPSA) is 116 Å². The van der Waals surface area contributed by atoms with Crippen molar-refractivity contribution in [3.8, 4) is 0 Å². The quantitative estimate of drug-likeness (QED) is 0.641. The van der Waals surface area contributed by atoms with Crippen LogP contribution in [-0.4, -0.2) is 46.7 Å². The summed E-state index contributed by atoms with van der Waals surface area (Å²) in [6.45, 7) is 1.80. The second-order valence-corrected chi connectivity index (χ2v) is 7.02. The minimum absolute atomic E-state index is 0.0520. The molecule has 1 atom stereocenters. The summed E-state index contributed by atoms with van der Waals surface area (Å²) >= 11 is 0. The van der Waals surface area contributed by atoms with Gasteiger partial charge in [-0.25, -0.2) is 17.9 Å². The van der Waals surface area contributed by atoms with E-state index >= 15 is 0 Å². The van der Waals surface area contributed by atoms with Gasteiger partial charge in [0.1, 0.15) is 10.6 Å². The highest BCUT2D eigenvalue weighted by molar-refractivity contribution is 7.89. The van der Waals surface area contributed by atoms with Crippen molar-refractivity contribution in [1.29, 1.82) is 0 Å². The largest absolute Gasteiger partial charge is 0.477 e. The van der Waals surface area contributed by atoms with Crippen molar-refractivity contribution in [2.45, 2.75) is 11.8 Å². The lowest BCUT2D eigenvalue weighted by molar-refractivity contribution is 0.0691. The summed E-state index contributed by atoms with van der Waals surface area (Å²) in [7, 11) is -4.80. The summed E-state index contributed by atoms with van der Waals surface area (Å²) in [6, 6.07) is 1.03.